The molecule has 146 valence electrons. The third-order valence-corrected chi connectivity index (χ3v) is 6.89. The van der Waals surface area contributed by atoms with Crippen molar-refractivity contribution in [3.8, 4) is 0 Å². The topological polar surface area (TPSA) is 54.0 Å². The number of para-hydroxylation sites is 1. The van der Waals surface area contributed by atoms with Crippen LogP contribution in [0.15, 0.2) is 54.6 Å². The molecule has 1 amide bonds. The average molecular weight is 394 g/mol. The molecular formula is C23H27N3OS. The molecular weight excluding hydrogens is 366 g/mol. The molecule has 1 aliphatic rings. The maximum absolute atomic E-state index is 13.5. The Kier molecular flexibility index (Phi) is 5.47. The van der Waals surface area contributed by atoms with Crippen LogP contribution in [0.1, 0.15) is 30.8 Å². The first-order chi connectivity index (χ1) is 13.6. The van der Waals surface area contributed by atoms with Gasteiger partial charge < -0.3 is 10.6 Å². The van der Waals surface area contributed by atoms with E-state index in [1.165, 1.54) is 4.70 Å². The number of amides is 1. The second kappa shape index (κ2) is 8.02. The molecule has 5 heteroatoms. The van der Waals surface area contributed by atoms with Crippen molar-refractivity contribution < 1.29 is 4.79 Å². The van der Waals surface area contributed by atoms with Gasteiger partial charge in [-0.1, -0.05) is 49.4 Å². The van der Waals surface area contributed by atoms with Gasteiger partial charge in [0.15, 0.2) is 0 Å². The van der Waals surface area contributed by atoms with E-state index in [-0.39, 0.29) is 11.9 Å². The molecule has 2 aromatic carbocycles. The Morgan fingerprint density at radius 1 is 1.21 bits per heavy atom. The third kappa shape index (κ3) is 3.82. The van der Waals surface area contributed by atoms with Gasteiger partial charge >= 0.3 is 0 Å². The number of carbonyl (C=O) groups is 1. The monoisotopic (exact) mass is 393 g/mol. The molecule has 1 aromatic heterocycles. The molecule has 0 spiro atoms. The number of rotatable bonds is 5. The summed E-state index contributed by atoms with van der Waals surface area (Å²) in [5.41, 5.74) is 1.39. The summed E-state index contributed by atoms with van der Waals surface area (Å²) in [5, 5.41) is 7.76. The molecule has 0 radical (unpaired) electrons. The van der Waals surface area contributed by atoms with Gasteiger partial charge in [-0.3, -0.25) is 4.79 Å². The predicted molar refractivity (Wildman–Crippen MR) is 116 cm³/mol. The Morgan fingerprint density at radius 3 is 2.71 bits per heavy atom. The van der Waals surface area contributed by atoms with Crippen LogP contribution in [0, 0.1) is 5.92 Å². The number of benzene rings is 2. The third-order valence-electron chi connectivity index (χ3n) is 5.86. The summed E-state index contributed by atoms with van der Waals surface area (Å²) in [6.07, 6.45) is 1.57. The van der Waals surface area contributed by atoms with Crippen LogP contribution < -0.4 is 10.6 Å². The summed E-state index contributed by atoms with van der Waals surface area (Å²) in [6, 6.07) is 18.5. The molecule has 1 saturated heterocycles. The van der Waals surface area contributed by atoms with Crippen molar-refractivity contribution in [2.45, 2.75) is 38.1 Å². The van der Waals surface area contributed by atoms with E-state index in [1.807, 2.05) is 36.4 Å². The van der Waals surface area contributed by atoms with Crippen molar-refractivity contribution in [2.24, 2.45) is 5.92 Å². The molecule has 2 heterocycles. The van der Waals surface area contributed by atoms with Crippen LogP contribution in [0.25, 0.3) is 10.2 Å². The van der Waals surface area contributed by atoms with E-state index in [1.54, 1.807) is 11.3 Å². The van der Waals surface area contributed by atoms with E-state index in [9.17, 15) is 4.79 Å². The standard InChI is InChI=1S/C23H27N3OS/c1-16-15-24-13-12-18(16)26-22(27)23(2,17-8-4-3-5-9-17)14-21-25-19-10-6-7-11-20(19)28-21/h3-11,16,18,24H,12-15H2,1-2H3,(H,26,27). The second-order valence-electron chi connectivity index (χ2n) is 8.00. The SMILES string of the molecule is CC1CNCCC1NC(=O)C(C)(Cc1nc2ccccc2s1)c1ccccc1. The van der Waals surface area contributed by atoms with Crippen LogP contribution >= 0.6 is 11.3 Å². The fourth-order valence-electron chi connectivity index (χ4n) is 3.97. The van der Waals surface area contributed by atoms with Gasteiger partial charge in [-0.15, -0.1) is 11.3 Å². The molecule has 2 N–H and O–H groups in total. The van der Waals surface area contributed by atoms with Gasteiger partial charge in [0, 0.05) is 12.5 Å². The molecule has 3 aromatic rings. The fraction of sp³-hybridized carbons (Fsp3) is 0.391. The normalized spacial score (nSPS) is 21.9. The van der Waals surface area contributed by atoms with Crippen LogP contribution in [0.5, 0.6) is 0 Å². The Bertz CT molecular complexity index is 922. The number of nitrogens with one attached hydrogen (secondary N) is 2. The summed E-state index contributed by atoms with van der Waals surface area (Å²) >= 11 is 1.68. The largest absolute Gasteiger partial charge is 0.352 e. The lowest BCUT2D eigenvalue weighted by molar-refractivity contribution is -0.127. The quantitative estimate of drug-likeness (QED) is 0.691. The number of carbonyl (C=O) groups excluding carboxylic acids is 1. The fourth-order valence-corrected chi connectivity index (χ4v) is 5.10. The molecule has 1 fully saturated rings. The first-order valence-electron chi connectivity index (χ1n) is 9.98. The van der Waals surface area contributed by atoms with Gasteiger partial charge in [-0.05, 0) is 50.0 Å². The maximum atomic E-state index is 13.5. The van der Waals surface area contributed by atoms with Crippen molar-refractivity contribution in [3.05, 3.63) is 65.2 Å². The van der Waals surface area contributed by atoms with E-state index in [0.717, 1.165) is 35.6 Å². The average Bonchev–Trinajstić information content (AvgIpc) is 3.12. The molecule has 0 aliphatic carbocycles. The number of nitrogens with zero attached hydrogens (tertiary/aromatic N) is 1. The van der Waals surface area contributed by atoms with Crippen LogP contribution in [0.4, 0.5) is 0 Å². The van der Waals surface area contributed by atoms with Gasteiger partial charge in [0.1, 0.15) is 0 Å². The lowest BCUT2D eigenvalue weighted by Gasteiger charge is -2.35. The number of piperidine rings is 1. The molecule has 1 aliphatic heterocycles. The summed E-state index contributed by atoms with van der Waals surface area (Å²) in [7, 11) is 0. The predicted octanol–water partition coefficient (Wildman–Crippen LogP) is 3.91. The van der Waals surface area contributed by atoms with Crippen molar-refractivity contribution in [1.82, 2.24) is 15.6 Å². The van der Waals surface area contributed by atoms with E-state index < -0.39 is 5.41 Å². The number of thiazole rings is 1. The van der Waals surface area contributed by atoms with E-state index in [2.05, 4.69) is 42.7 Å². The van der Waals surface area contributed by atoms with Crippen molar-refractivity contribution in [1.29, 1.82) is 0 Å². The van der Waals surface area contributed by atoms with Gasteiger partial charge in [0.25, 0.3) is 0 Å². The number of aromatic nitrogens is 1. The Morgan fingerprint density at radius 2 is 1.96 bits per heavy atom. The van der Waals surface area contributed by atoms with Crippen LogP contribution in [0.2, 0.25) is 0 Å². The minimum atomic E-state index is -0.653. The number of fused-ring (bicyclic) bond motifs is 1. The van der Waals surface area contributed by atoms with Crippen LogP contribution in [-0.2, 0) is 16.6 Å². The minimum Gasteiger partial charge on any atom is -0.352 e. The van der Waals surface area contributed by atoms with Crippen molar-refractivity contribution >= 4 is 27.5 Å². The van der Waals surface area contributed by atoms with E-state index in [4.69, 9.17) is 4.98 Å². The number of hydrogen-bond acceptors (Lipinski definition) is 4. The Balaban J connectivity index is 1.64. The smallest absolute Gasteiger partial charge is 0.231 e. The molecule has 4 rings (SSSR count). The molecule has 0 saturated carbocycles. The highest BCUT2D eigenvalue weighted by atomic mass is 32.1. The molecule has 3 atom stereocenters. The highest BCUT2D eigenvalue weighted by molar-refractivity contribution is 7.18. The Hall–Kier alpha value is -2.24. The van der Waals surface area contributed by atoms with Gasteiger partial charge in [-0.25, -0.2) is 4.98 Å². The first-order valence-corrected chi connectivity index (χ1v) is 10.8. The Labute approximate surface area is 170 Å². The van der Waals surface area contributed by atoms with Gasteiger partial charge in [-0.2, -0.15) is 0 Å². The second-order valence-corrected chi connectivity index (χ2v) is 9.12. The molecule has 4 nitrogen and oxygen atoms in total. The summed E-state index contributed by atoms with van der Waals surface area (Å²) < 4.78 is 1.17. The summed E-state index contributed by atoms with van der Waals surface area (Å²) in [6.45, 7) is 6.15. The summed E-state index contributed by atoms with van der Waals surface area (Å²) in [4.78, 5) is 18.3. The first kappa shape index (κ1) is 19.1. The minimum absolute atomic E-state index is 0.0942. The van der Waals surface area contributed by atoms with E-state index in [0.29, 0.717) is 12.3 Å². The van der Waals surface area contributed by atoms with E-state index >= 15 is 0 Å². The summed E-state index contributed by atoms with van der Waals surface area (Å²) in [5.74, 6) is 0.525. The zero-order valence-electron chi connectivity index (χ0n) is 16.4. The molecule has 28 heavy (non-hydrogen) atoms. The molecule has 3 unspecified atom stereocenters. The van der Waals surface area contributed by atoms with Crippen molar-refractivity contribution in [2.75, 3.05) is 13.1 Å². The van der Waals surface area contributed by atoms with Gasteiger partial charge in [0.05, 0.1) is 20.6 Å². The van der Waals surface area contributed by atoms with Crippen molar-refractivity contribution in [3.63, 3.8) is 0 Å². The highest BCUT2D eigenvalue weighted by Gasteiger charge is 2.38. The zero-order chi connectivity index (χ0) is 19.6. The highest BCUT2D eigenvalue weighted by Crippen LogP contribution is 2.32. The van der Waals surface area contributed by atoms with Crippen LogP contribution in [0.3, 0.4) is 0 Å². The van der Waals surface area contributed by atoms with Gasteiger partial charge in [0.2, 0.25) is 5.91 Å². The zero-order valence-corrected chi connectivity index (χ0v) is 17.3. The number of hydrogen-bond donors (Lipinski definition) is 2. The lowest BCUT2D eigenvalue weighted by atomic mass is 9.78. The lowest BCUT2D eigenvalue weighted by Crippen LogP contribution is -2.53. The maximum Gasteiger partial charge on any atom is 0.231 e. The molecule has 0 bridgehead atoms. The van der Waals surface area contributed by atoms with Crippen LogP contribution in [-0.4, -0.2) is 30.0 Å².